The van der Waals surface area contributed by atoms with Gasteiger partial charge in [-0.3, -0.25) is 9.59 Å². The summed E-state index contributed by atoms with van der Waals surface area (Å²) < 4.78 is 0.989. The fraction of sp³-hybridized carbons (Fsp3) is 0.304. The van der Waals surface area contributed by atoms with Crippen LogP contribution in [0.2, 0.25) is 0 Å². The van der Waals surface area contributed by atoms with Crippen molar-refractivity contribution in [3.05, 3.63) is 81.0 Å². The Morgan fingerprint density at radius 1 is 1.00 bits per heavy atom. The Morgan fingerprint density at radius 2 is 1.65 bits per heavy atom. The average molecular weight is 420 g/mol. The van der Waals surface area contributed by atoms with Gasteiger partial charge in [-0.25, -0.2) is 9.36 Å². The van der Waals surface area contributed by atoms with Gasteiger partial charge in [0.1, 0.15) is 6.04 Å². The fourth-order valence-electron chi connectivity index (χ4n) is 4.13. The van der Waals surface area contributed by atoms with Gasteiger partial charge in [-0.1, -0.05) is 42.5 Å². The number of likely N-dealkylation sites (tertiary alicyclic amines) is 1. The summed E-state index contributed by atoms with van der Waals surface area (Å²) in [6, 6.07) is 14.8. The number of aromatic amines is 1. The van der Waals surface area contributed by atoms with Crippen molar-refractivity contribution in [2.24, 2.45) is 5.92 Å². The van der Waals surface area contributed by atoms with Crippen LogP contribution in [0.25, 0.3) is 10.9 Å². The first-order valence-corrected chi connectivity index (χ1v) is 10.2. The molecule has 1 N–H and O–H groups in total. The van der Waals surface area contributed by atoms with Gasteiger partial charge in [0.2, 0.25) is 5.91 Å². The molecular formula is C23H22N3O5-. The highest BCUT2D eigenvalue weighted by Crippen LogP contribution is 2.22. The molecule has 0 bridgehead atoms. The number of carbonyl (C=O) groups excluding carboxylic acids is 2. The molecule has 1 fully saturated rings. The molecule has 8 heteroatoms. The van der Waals surface area contributed by atoms with E-state index in [4.69, 9.17) is 0 Å². The molecule has 160 valence electrons. The SMILES string of the molecule is O=C([O-])C1CCN(C(=O)[C@@H](Cc2ccccc2)n2c(=O)[nH]c3ccccc3c2=O)CC1. The van der Waals surface area contributed by atoms with E-state index in [2.05, 4.69) is 4.98 Å². The highest BCUT2D eigenvalue weighted by molar-refractivity contribution is 5.82. The first-order valence-electron chi connectivity index (χ1n) is 10.2. The lowest BCUT2D eigenvalue weighted by atomic mass is 9.96. The minimum Gasteiger partial charge on any atom is -0.550 e. The highest BCUT2D eigenvalue weighted by Gasteiger charge is 2.32. The lowest BCUT2D eigenvalue weighted by Crippen LogP contribution is -2.50. The van der Waals surface area contributed by atoms with Crippen LogP contribution in [0.3, 0.4) is 0 Å². The predicted octanol–water partition coefficient (Wildman–Crippen LogP) is 0.462. The first kappa shape index (κ1) is 20.6. The Labute approximate surface area is 177 Å². The molecular weight excluding hydrogens is 398 g/mol. The largest absolute Gasteiger partial charge is 0.550 e. The molecule has 1 amide bonds. The quantitative estimate of drug-likeness (QED) is 0.644. The zero-order valence-electron chi connectivity index (χ0n) is 16.8. The van der Waals surface area contributed by atoms with Gasteiger partial charge in [-0.15, -0.1) is 0 Å². The number of rotatable bonds is 5. The van der Waals surface area contributed by atoms with Crippen LogP contribution in [0, 0.1) is 5.92 Å². The van der Waals surface area contributed by atoms with Crippen molar-refractivity contribution in [3.63, 3.8) is 0 Å². The maximum atomic E-state index is 13.5. The smallest absolute Gasteiger partial charge is 0.329 e. The van der Waals surface area contributed by atoms with Crippen molar-refractivity contribution in [1.82, 2.24) is 14.5 Å². The second-order valence-corrected chi connectivity index (χ2v) is 7.78. The van der Waals surface area contributed by atoms with E-state index < -0.39 is 29.2 Å². The van der Waals surface area contributed by atoms with Crippen molar-refractivity contribution in [1.29, 1.82) is 0 Å². The maximum Gasteiger partial charge on any atom is 0.329 e. The number of amides is 1. The van der Waals surface area contributed by atoms with Crippen molar-refractivity contribution < 1.29 is 14.7 Å². The van der Waals surface area contributed by atoms with Crippen LogP contribution < -0.4 is 16.4 Å². The molecule has 4 rings (SSSR count). The van der Waals surface area contributed by atoms with Crippen LogP contribution in [0.5, 0.6) is 0 Å². The Bertz CT molecular complexity index is 1220. The molecule has 1 aliphatic rings. The van der Waals surface area contributed by atoms with Gasteiger partial charge in [0.25, 0.3) is 5.56 Å². The molecule has 0 aliphatic carbocycles. The zero-order valence-corrected chi connectivity index (χ0v) is 16.8. The van der Waals surface area contributed by atoms with Gasteiger partial charge in [0, 0.05) is 31.4 Å². The summed E-state index contributed by atoms with van der Waals surface area (Å²) >= 11 is 0. The van der Waals surface area contributed by atoms with Gasteiger partial charge >= 0.3 is 5.69 Å². The van der Waals surface area contributed by atoms with Crippen molar-refractivity contribution in [3.8, 4) is 0 Å². The van der Waals surface area contributed by atoms with Crippen LogP contribution in [0.1, 0.15) is 24.4 Å². The second kappa shape index (κ2) is 8.59. The van der Waals surface area contributed by atoms with E-state index in [0.717, 1.165) is 10.1 Å². The summed E-state index contributed by atoms with van der Waals surface area (Å²) in [5.74, 6) is -2.08. The third kappa shape index (κ3) is 4.14. The number of hydrogen-bond acceptors (Lipinski definition) is 5. The van der Waals surface area contributed by atoms with Gasteiger partial charge in [-0.05, 0) is 30.5 Å². The number of nitrogens with one attached hydrogen (secondary N) is 1. The fourth-order valence-corrected chi connectivity index (χ4v) is 4.13. The van der Waals surface area contributed by atoms with E-state index in [0.29, 0.717) is 10.9 Å². The maximum absolute atomic E-state index is 13.5. The molecule has 2 heterocycles. The third-order valence-corrected chi connectivity index (χ3v) is 5.85. The lowest BCUT2D eigenvalue weighted by molar-refractivity contribution is -0.312. The molecule has 0 radical (unpaired) electrons. The van der Waals surface area contributed by atoms with Gasteiger partial charge in [-0.2, -0.15) is 0 Å². The molecule has 0 saturated carbocycles. The second-order valence-electron chi connectivity index (χ2n) is 7.78. The number of H-pyrrole nitrogens is 1. The topological polar surface area (TPSA) is 115 Å². The number of benzene rings is 2. The van der Waals surface area contributed by atoms with Crippen molar-refractivity contribution in [2.75, 3.05) is 13.1 Å². The van der Waals surface area contributed by atoms with Crippen LogP contribution >= 0.6 is 0 Å². The molecule has 0 unspecified atom stereocenters. The summed E-state index contributed by atoms with van der Waals surface area (Å²) in [5.41, 5.74) is 0.0419. The van der Waals surface area contributed by atoms with Crippen LogP contribution in [-0.2, 0) is 16.0 Å². The number of nitrogens with zero attached hydrogens (tertiary/aromatic N) is 2. The van der Waals surface area contributed by atoms with E-state index in [1.54, 1.807) is 24.3 Å². The summed E-state index contributed by atoms with van der Waals surface area (Å²) in [5, 5.41) is 11.5. The number of carboxylic acids is 1. The minimum absolute atomic E-state index is 0.168. The van der Waals surface area contributed by atoms with E-state index in [1.807, 2.05) is 30.3 Å². The van der Waals surface area contributed by atoms with Gasteiger partial charge < -0.3 is 19.8 Å². The third-order valence-electron chi connectivity index (χ3n) is 5.85. The highest BCUT2D eigenvalue weighted by atomic mass is 16.4. The zero-order chi connectivity index (χ0) is 22.0. The normalized spacial score (nSPS) is 15.7. The average Bonchev–Trinajstić information content (AvgIpc) is 2.78. The number of hydrogen-bond donors (Lipinski definition) is 1. The molecule has 1 saturated heterocycles. The molecule has 3 aromatic rings. The molecule has 1 aromatic heterocycles. The van der Waals surface area contributed by atoms with E-state index in [1.165, 1.54) is 4.90 Å². The first-order chi connectivity index (χ1) is 15.0. The minimum atomic E-state index is -1.12. The van der Waals surface area contributed by atoms with Crippen LogP contribution in [0.15, 0.2) is 64.2 Å². The van der Waals surface area contributed by atoms with Crippen LogP contribution in [-0.4, -0.2) is 39.4 Å². The molecule has 1 atom stereocenters. The monoisotopic (exact) mass is 420 g/mol. The molecule has 2 aromatic carbocycles. The Balaban J connectivity index is 1.75. The number of aliphatic carboxylic acids is 1. The van der Waals surface area contributed by atoms with E-state index >= 15 is 0 Å². The van der Waals surface area contributed by atoms with E-state index in [-0.39, 0.29) is 38.3 Å². The number of para-hydroxylation sites is 1. The molecule has 8 nitrogen and oxygen atoms in total. The molecule has 31 heavy (non-hydrogen) atoms. The number of carboxylic acid groups (broad SMARTS) is 1. The van der Waals surface area contributed by atoms with Gasteiger partial charge in [0.15, 0.2) is 0 Å². The van der Waals surface area contributed by atoms with Crippen molar-refractivity contribution >= 4 is 22.8 Å². The van der Waals surface area contributed by atoms with Crippen LogP contribution in [0.4, 0.5) is 0 Å². The summed E-state index contributed by atoms with van der Waals surface area (Å²) in [6.07, 6.45) is 0.742. The number of piperidine rings is 1. The van der Waals surface area contributed by atoms with Crippen molar-refractivity contribution in [2.45, 2.75) is 25.3 Å². The predicted molar refractivity (Wildman–Crippen MR) is 112 cm³/mol. The van der Waals surface area contributed by atoms with E-state index in [9.17, 15) is 24.3 Å². The Kier molecular flexibility index (Phi) is 5.70. The lowest BCUT2D eigenvalue weighted by Gasteiger charge is -2.34. The summed E-state index contributed by atoms with van der Waals surface area (Å²) in [4.78, 5) is 54.9. The summed E-state index contributed by atoms with van der Waals surface area (Å²) in [6.45, 7) is 0.478. The molecule has 0 spiro atoms. The summed E-state index contributed by atoms with van der Waals surface area (Å²) in [7, 11) is 0. The molecule has 1 aliphatic heterocycles. The number of carbonyl (C=O) groups is 2. The number of aromatic nitrogens is 2. The number of fused-ring (bicyclic) bond motifs is 1. The van der Waals surface area contributed by atoms with Gasteiger partial charge in [0.05, 0.1) is 10.9 Å². The Hall–Kier alpha value is -3.68. The standard InChI is InChI=1S/C23H23N3O5/c27-20-17-8-4-5-9-18(17)24-23(31)26(20)19(14-15-6-2-1-3-7-15)21(28)25-12-10-16(11-13-25)22(29)30/h1-9,16,19H,10-14H2,(H,24,31)(H,29,30)/p-1/t19-/m1/s1. The Morgan fingerprint density at radius 3 is 2.32 bits per heavy atom.